The molecule has 118 valence electrons. The lowest BCUT2D eigenvalue weighted by Crippen LogP contribution is -1.98. The van der Waals surface area contributed by atoms with E-state index in [2.05, 4.69) is 0 Å². The van der Waals surface area contributed by atoms with Crippen molar-refractivity contribution in [3.63, 3.8) is 0 Å². The summed E-state index contributed by atoms with van der Waals surface area (Å²) < 4.78 is 16.7. The Balaban J connectivity index is 2.00. The maximum absolute atomic E-state index is 12.5. The van der Waals surface area contributed by atoms with Crippen LogP contribution in [0, 0.1) is 6.92 Å². The summed E-state index contributed by atoms with van der Waals surface area (Å²) in [5, 5.41) is 0. The average Bonchev–Trinajstić information content (AvgIpc) is 2.88. The van der Waals surface area contributed by atoms with Crippen LogP contribution in [-0.2, 0) is 0 Å². The van der Waals surface area contributed by atoms with Gasteiger partial charge in [0.1, 0.15) is 17.2 Å². The number of para-hydroxylation sites is 1. The highest BCUT2D eigenvalue weighted by molar-refractivity contribution is 6.15. The normalized spacial score (nSPS) is 14.6. The number of methoxy groups -OCH3 is 1. The Kier molecular flexibility index (Phi) is 4.06. The van der Waals surface area contributed by atoms with Crippen LogP contribution in [0.3, 0.4) is 0 Å². The van der Waals surface area contributed by atoms with Crippen LogP contribution in [0.25, 0.3) is 6.08 Å². The standard InChI is InChI=1S/C19H18O4/c1-4-22-15-10-9-14-18(20)17(23-19(14)12(15)2)11-13-7-5-6-8-16(13)21-3/h5-11H,4H2,1-3H3/b17-11-. The molecule has 0 radical (unpaired) electrons. The smallest absolute Gasteiger partial charge is 0.231 e. The summed E-state index contributed by atoms with van der Waals surface area (Å²) in [6, 6.07) is 11.1. The molecule has 0 fully saturated rings. The Labute approximate surface area is 135 Å². The summed E-state index contributed by atoms with van der Waals surface area (Å²) >= 11 is 0. The van der Waals surface area contributed by atoms with Crippen molar-refractivity contribution >= 4 is 11.9 Å². The molecule has 2 aromatic carbocycles. The van der Waals surface area contributed by atoms with E-state index in [0.717, 1.165) is 16.9 Å². The molecule has 0 saturated carbocycles. The van der Waals surface area contributed by atoms with Gasteiger partial charge in [0.2, 0.25) is 5.78 Å². The van der Waals surface area contributed by atoms with Crippen molar-refractivity contribution in [2.45, 2.75) is 13.8 Å². The maximum atomic E-state index is 12.5. The zero-order chi connectivity index (χ0) is 16.4. The van der Waals surface area contributed by atoms with Crippen molar-refractivity contribution in [1.29, 1.82) is 0 Å². The van der Waals surface area contributed by atoms with Crippen molar-refractivity contribution in [1.82, 2.24) is 0 Å². The largest absolute Gasteiger partial charge is 0.496 e. The van der Waals surface area contributed by atoms with Gasteiger partial charge in [-0.25, -0.2) is 0 Å². The molecule has 0 bridgehead atoms. The van der Waals surface area contributed by atoms with E-state index in [1.165, 1.54) is 0 Å². The van der Waals surface area contributed by atoms with Crippen LogP contribution in [0.4, 0.5) is 0 Å². The highest BCUT2D eigenvalue weighted by Crippen LogP contribution is 2.39. The number of hydrogen-bond acceptors (Lipinski definition) is 4. The molecule has 4 nitrogen and oxygen atoms in total. The van der Waals surface area contributed by atoms with Gasteiger partial charge in [0.05, 0.1) is 19.3 Å². The number of Topliss-reactive ketones (excluding diaryl/α,β-unsaturated/α-hetero) is 1. The molecular formula is C19H18O4. The van der Waals surface area contributed by atoms with E-state index in [-0.39, 0.29) is 5.78 Å². The zero-order valence-electron chi connectivity index (χ0n) is 13.4. The first kappa shape index (κ1) is 15.2. The Morgan fingerprint density at radius 2 is 1.91 bits per heavy atom. The highest BCUT2D eigenvalue weighted by atomic mass is 16.5. The van der Waals surface area contributed by atoms with Crippen molar-refractivity contribution < 1.29 is 19.0 Å². The van der Waals surface area contributed by atoms with Gasteiger partial charge in [-0.05, 0) is 38.1 Å². The number of carbonyl (C=O) groups is 1. The number of carbonyl (C=O) groups excluding carboxylic acids is 1. The molecule has 0 aromatic heterocycles. The summed E-state index contributed by atoms with van der Waals surface area (Å²) in [5.41, 5.74) is 2.20. The molecule has 1 aliphatic heterocycles. The molecule has 0 amide bonds. The van der Waals surface area contributed by atoms with Gasteiger partial charge in [0.15, 0.2) is 5.76 Å². The number of fused-ring (bicyclic) bond motifs is 1. The van der Waals surface area contributed by atoms with Crippen LogP contribution in [-0.4, -0.2) is 19.5 Å². The molecule has 0 aliphatic carbocycles. The van der Waals surface area contributed by atoms with E-state index in [1.807, 2.05) is 44.2 Å². The Bertz CT molecular complexity index is 790. The van der Waals surface area contributed by atoms with Gasteiger partial charge >= 0.3 is 0 Å². The van der Waals surface area contributed by atoms with Gasteiger partial charge in [0, 0.05) is 11.1 Å². The molecule has 23 heavy (non-hydrogen) atoms. The third kappa shape index (κ3) is 2.68. The number of ketones is 1. The van der Waals surface area contributed by atoms with Crippen LogP contribution in [0.1, 0.15) is 28.4 Å². The topological polar surface area (TPSA) is 44.8 Å². The molecular weight excluding hydrogens is 292 g/mol. The van der Waals surface area contributed by atoms with E-state index >= 15 is 0 Å². The predicted octanol–water partition coefficient (Wildman–Crippen LogP) is 4.02. The average molecular weight is 310 g/mol. The van der Waals surface area contributed by atoms with E-state index < -0.39 is 0 Å². The van der Waals surface area contributed by atoms with Crippen molar-refractivity contribution in [3.05, 3.63) is 58.8 Å². The maximum Gasteiger partial charge on any atom is 0.231 e. The minimum absolute atomic E-state index is 0.128. The molecule has 0 N–H and O–H groups in total. The molecule has 1 heterocycles. The minimum Gasteiger partial charge on any atom is -0.496 e. The Hall–Kier alpha value is -2.75. The second-order valence-corrected chi connectivity index (χ2v) is 5.18. The van der Waals surface area contributed by atoms with Gasteiger partial charge in [0.25, 0.3) is 0 Å². The second-order valence-electron chi connectivity index (χ2n) is 5.18. The van der Waals surface area contributed by atoms with Crippen LogP contribution in [0.5, 0.6) is 17.2 Å². The zero-order valence-corrected chi connectivity index (χ0v) is 13.4. The van der Waals surface area contributed by atoms with Gasteiger partial charge < -0.3 is 14.2 Å². The Morgan fingerprint density at radius 1 is 1.13 bits per heavy atom. The third-order valence-corrected chi connectivity index (χ3v) is 3.76. The minimum atomic E-state index is -0.128. The second kappa shape index (κ2) is 6.16. The van der Waals surface area contributed by atoms with Crippen molar-refractivity contribution in [2.24, 2.45) is 0 Å². The summed E-state index contributed by atoms with van der Waals surface area (Å²) in [4.78, 5) is 12.5. The monoisotopic (exact) mass is 310 g/mol. The van der Waals surface area contributed by atoms with Crippen LogP contribution in [0.15, 0.2) is 42.2 Å². The fraction of sp³-hybridized carbons (Fsp3) is 0.211. The van der Waals surface area contributed by atoms with Crippen LogP contribution in [0.2, 0.25) is 0 Å². The summed E-state index contributed by atoms with van der Waals surface area (Å²) in [6.45, 7) is 4.38. The van der Waals surface area contributed by atoms with Gasteiger partial charge in [-0.15, -0.1) is 0 Å². The van der Waals surface area contributed by atoms with Gasteiger partial charge in [-0.1, -0.05) is 18.2 Å². The molecule has 1 aliphatic rings. The molecule has 0 atom stereocenters. The van der Waals surface area contributed by atoms with E-state index in [0.29, 0.717) is 29.4 Å². The Morgan fingerprint density at radius 3 is 2.65 bits per heavy atom. The first-order valence-electron chi connectivity index (χ1n) is 7.49. The van der Waals surface area contributed by atoms with Gasteiger partial charge in [-0.2, -0.15) is 0 Å². The van der Waals surface area contributed by atoms with Crippen molar-refractivity contribution in [2.75, 3.05) is 13.7 Å². The van der Waals surface area contributed by atoms with Gasteiger partial charge in [-0.3, -0.25) is 4.79 Å². The first-order valence-corrected chi connectivity index (χ1v) is 7.49. The van der Waals surface area contributed by atoms with Crippen LogP contribution >= 0.6 is 0 Å². The van der Waals surface area contributed by atoms with Crippen molar-refractivity contribution in [3.8, 4) is 17.2 Å². The molecule has 0 spiro atoms. The molecule has 4 heteroatoms. The number of allylic oxidation sites excluding steroid dienone is 1. The fourth-order valence-electron chi connectivity index (χ4n) is 2.61. The summed E-state index contributed by atoms with van der Waals surface area (Å²) in [7, 11) is 1.60. The highest BCUT2D eigenvalue weighted by Gasteiger charge is 2.30. The number of benzene rings is 2. The van der Waals surface area contributed by atoms with E-state index in [1.54, 1.807) is 19.3 Å². The lowest BCUT2D eigenvalue weighted by atomic mass is 10.1. The lowest BCUT2D eigenvalue weighted by molar-refractivity contribution is 0.101. The number of ether oxygens (including phenoxy) is 3. The quantitative estimate of drug-likeness (QED) is 0.800. The molecule has 0 saturated heterocycles. The predicted molar refractivity (Wildman–Crippen MR) is 88.3 cm³/mol. The molecule has 2 aromatic rings. The lowest BCUT2D eigenvalue weighted by Gasteiger charge is -2.09. The number of hydrogen-bond donors (Lipinski definition) is 0. The van der Waals surface area contributed by atoms with Crippen LogP contribution < -0.4 is 14.2 Å². The summed E-state index contributed by atoms with van der Waals surface area (Å²) in [5.74, 6) is 2.16. The number of rotatable bonds is 4. The SMILES string of the molecule is CCOc1ccc2c(c1C)O/C(=C\c1ccccc1OC)C2=O. The molecule has 0 unspecified atom stereocenters. The van der Waals surface area contributed by atoms with E-state index in [9.17, 15) is 4.79 Å². The fourth-order valence-corrected chi connectivity index (χ4v) is 2.61. The summed E-state index contributed by atoms with van der Waals surface area (Å²) in [6.07, 6.45) is 1.71. The first-order chi connectivity index (χ1) is 11.2. The third-order valence-electron chi connectivity index (χ3n) is 3.76. The molecule has 3 rings (SSSR count). The van der Waals surface area contributed by atoms with E-state index in [4.69, 9.17) is 14.2 Å².